The molecule has 1 heterocycles. The summed E-state index contributed by atoms with van der Waals surface area (Å²) < 4.78 is 0.792. The Morgan fingerprint density at radius 1 is 1.19 bits per heavy atom. The number of fused-ring (bicyclic) bond motifs is 1. The molecule has 1 aromatic rings. The fraction of sp³-hybridized carbons (Fsp3) is 0.600. The summed E-state index contributed by atoms with van der Waals surface area (Å²) in [7, 11) is 0. The molecule has 0 spiro atoms. The number of rotatable bonds is 4. The second-order valence-electron chi connectivity index (χ2n) is 7.63. The molecule has 26 heavy (non-hydrogen) atoms. The van der Waals surface area contributed by atoms with Gasteiger partial charge in [0.05, 0.1) is 6.42 Å². The number of aliphatic hydroxyl groups is 1. The maximum absolute atomic E-state index is 12.7. The lowest BCUT2D eigenvalue weighted by Crippen LogP contribution is -2.40. The molecule has 0 saturated heterocycles. The highest BCUT2D eigenvalue weighted by atomic mass is 127. The predicted molar refractivity (Wildman–Crippen MR) is 107 cm³/mol. The van der Waals surface area contributed by atoms with Gasteiger partial charge < -0.3 is 15.1 Å². The molecular formula is C20H26INO4. The highest BCUT2D eigenvalue weighted by Gasteiger charge is 2.32. The van der Waals surface area contributed by atoms with E-state index in [0.29, 0.717) is 24.4 Å². The molecule has 0 radical (unpaired) electrons. The lowest BCUT2D eigenvalue weighted by atomic mass is 9.85. The normalized spacial score (nSPS) is 19.4. The van der Waals surface area contributed by atoms with E-state index in [1.807, 2.05) is 18.7 Å². The van der Waals surface area contributed by atoms with Crippen molar-refractivity contribution in [2.24, 2.45) is 5.92 Å². The van der Waals surface area contributed by atoms with E-state index in [1.165, 1.54) is 32.1 Å². The number of aliphatic hydroxyl groups excluding tert-OH is 1. The van der Waals surface area contributed by atoms with Crippen LogP contribution in [0.25, 0.3) is 0 Å². The molecule has 0 bridgehead atoms. The van der Waals surface area contributed by atoms with Crippen LogP contribution in [0.1, 0.15) is 66.0 Å². The Hall–Kier alpha value is -1.15. The van der Waals surface area contributed by atoms with Crippen LogP contribution in [0, 0.1) is 23.3 Å². The number of halogens is 1. The van der Waals surface area contributed by atoms with Crippen LogP contribution in [0.3, 0.4) is 0 Å². The third-order valence-electron chi connectivity index (χ3n) is 5.98. The van der Waals surface area contributed by atoms with Crippen molar-refractivity contribution in [2.75, 3.05) is 6.54 Å². The molecule has 1 fully saturated rings. The fourth-order valence-electron chi connectivity index (χ4n) is 4.41. The average molecular weight is 471 g/mol. The summed E-state index contributed by atoms with van der Waals surface area (Å²) in [5, 5.41) is 19.3. The number of hydrogen-bond donors (Lipinski definition) is 2. The van der Waals surface area contributed by atoms with Gasteiger partial charge >= 0.3 is 5.97 Å². The number of aliphatic carboxylic acids is 1. The SMILES string of the molecule is Cc1c(I)c([C@H](O)C(=O)O)c(C)c2c1CN(CC1CCCCC1)C(=O)C2. The number of carbonyl (C=O) groups is 2. The lowest BCUT2D eigenvalue weighted by Gasteiger charge is -2.35. The minimum atomic E-state index is -1.55. The molecular weight excluding hydrogens is 445 g/mol. The highest BCUT2D eigenvalue weighted by molar-refractivity contribution is 14.1. The molecule has 1 aliphatic carbocycles. The van der Waals surface area contributed by atoms with Gasteiger partial charge in [-0.25, -0.2) is 4.79 Å². The fourth-order valence-corrected chi connectivity index (χ4v) is 5.43. The zero-order valence-corrected chi connectivity index (χ0v) is 17.5. The summed E-state index contributed by atoms with van der Waals surface area (Å²) in [5.41, 5.74) is 4.20. The van der Waals surface area contributed by atoms with Crippen molar-refractivity contribution in [1.82, 2.24) is 4.90 Å². The first-order chi connectivity index (χ1) is 12.3. The van der Waals surface area contributed by atoms with Crippen LogP contribution < -0.4 is 0 Å². The number of carboxylic acid groups (broad SMARTS) is 1. The van der Waals surface area contributed by atoms with Crippen molar-refractivity contribution in [3.63, 3.8) is 0 Å². The number of amides is 1. The van der Waals surface area contributed by atoms with Crippen LogP contribution >= 0.6 is 22.6 Å². The van der Waals surface area contributed by atoms with Crippen LogP contribution in [0.15, 0.2) is 0 Å². The average Bonchev–Trinajstić information content (AvgIpc) is 2.62. The smallest absolute Gasteiger partial charge is 0.337 e. The van der Waals surface area contributed by atoms with Crippen molar-refractivity contribution in [3.05, 3.63) is 31.4 Å². The largest absolute Gasteiger partial charge is 0.479 e. The van der Waals surface area contributed by atoms with Gasteiger partial charge in [-0.15, -0.1) is 0 Å². The monoisotopic (exact) mass is 471 g/mol. The van der Waals surface area contributed by atoms with Crippen molar-refractivity contribution in [3.8, 4) is 0 Å². The molecule has 1 saturated carbocycles. The standard InChI is InChI=1S/C20H26INO4/c1-11-14-8-16(23)22(9-13-6-4-3-5-7-13)10-15(14)12(2)18(21)17(11)19(24)20(25)26/h13,19,24H,3-10H2,1-2H3,(H,25,26)/t19-/m0/s1. The number of hydrogen-bond acceptors (Lipinski definition) is 3. The third-order valence-corrected chi connectivity index (χ3v) is 7.37. The minimum absolute atomic E-state index is 0.113. The molecule has 142 valence electrons. The molecule has 2 N–H and O–H groups in total. The van der Waals surface area contributed by atoms with Gasteiger partial charge in [-0.2, -0.15) is 0 Å². The van der Waals surface area contributed by atoms with Gasteiger partial charge in [0, 0.05) is 22.2 Å². The Bertz CT molecular complexity index is 740. The Labute approximate surface area is 167 Å². The summed E-state index contributed by atoms with van der Waals surface area (Å²) in [6, 6.07) is 0. The number of carboxylic acids is 1. The Balaban J connectivity index is 1.93. The summed E-state index contributed by atoms with van der Waals surface area (Å²) >= 11 is 2.13. The van der Waals surface area contributed by atoms with Gasteiger partial charge in [-0.05, 0) is 77.5 Å². The molecule has 5 nitrogen and oxygen atoms in total. The van der Waals surface area contributed by atoms with Crippen LogP contribution in [0.4, 0.5) is 0 Å². The van der Waals surface area contributed by atoms with E-state index < -0.39 is 12.1 Å². The van der Waals surface area contributed by atoms with Crippen LogP contribution in [-0.4, -0.2) is 33.5 Å². The third kappa shape index (κ3) is 3.63. The topological polar surface area (TPSA) is 77.8 Å². The molecule has 3 rings (SSSR count). The van der Waals surface area contributed by atoms with E-state index >= 15 is 0 Å². The van der Waals surface area contributed by atoms with Gasteiger partial charge in [0.1, 0.15) is 0 Å². The minimum Gasteiger partial charge on any atom is -0.479 e. The Morgan fingerprint density at radius 2 is 1.85 bits per heavy atom. The first kappa shape index (κ1) is 19.6. The molecule has 1 amide bonds. The first-order valence-electron chi connectivity index (χ1n) is 9.30. The lowest BCUT2D eigenvalue weighted by molar-refractivity contribution is -0.147. The quantitative estimate of drug-likeness (QED) is 0.660. The van der Waals surface area contributed by atoms with Crippen LogP contribution in [0.5, 0.6) is 0 Å². The van der Waals surface area contributed by atoms with Crippen molar-refractivity contribution in [2.45, 2.75) is 65.0 Å². The van der Waals surface area contributed by atoms with E-state index in [0.717, 1.165) is 32.4 Å². The van der Waals surface area contributed by atoms with Crippen LogP contribution in [0.2, 0.25) is 0 Å². The molecule has 2 aliphatic rings. The summed E-state index contributed by atoms with van der Waals surface area (Å²) in [5.74, 6) is -0.545. The number of benzene rings is 1. The zero-order chi connectivity index (χ0) is 19.0. The van der Waals surface area contributed by atoms with E-state index in [9.17, 15) is 19.8 Å². The molecule has 6 heteroatoms. The summed E-state index contributed by atoms with van der Waals surface area (Å²) in [6.07, 6.45) is 4.97. The van der Waals surface area contributed by atoms with Gasteiger partial charge in [-0.1, -0.05) is 19.3 Å². The number of carbonyl (C=O) groups excluding carboxylic acids is 1. The van der Waals surface area contributed by atoms with E-state index in [-0.39, 0.29) is 5.91 Å². The van der Waals surface area contributed by atoms with Gasteiger partial charge in [-0.3, -0.25) is 4.79 Å². The second kappa shape index (κ2) is 7.84. The van der Waals surface area contributed by atoms with Gasteiger partial charge in [0.25, 0.3) is 0 Å². The van der Waals surface area contributed by atoms with E-state index in [2.05, 4.69) is 22.6 Å². The maximum atomic E-state index is 12.7. The number of nitrogens with zero attached hydrogens (tertiary/aromatic N) is 1. The molecule has 0 unspecified atom stereocenters. The van der Waals surface area contributed by atoms with Crippen molar-refractivity contribution >= 4 is 34.5 Å². The second-order valence-corrected chi connectivity index (χ2v) is 8.71. The zero-order valence-electron chi connectivity index (χ0n) is 15.3. The first-order valence-corrected chi connectivity index (χ1v) is 10.4. The van der Waals surface area contributed by atoms with E-state index in [4.69, 9.17) is 0 Å². The molecule has 1 atom stereocenters. The van der Waals surface area contributed by atoms with Gasteiger partial charge in [0.2, 0.25) is 5.91 Å². The molecule has 1 aliphatic heterocycles. The highest BCUT2D eigenvalue weighted by Crippen LogP contribution is 2.36. The summed E-state index contributed by atoms with van der Waals surface area (Å²) in [6.45, 7) is 5.21. The predicted octanol–water partition coefficient (Wildman–Crippen LogP) is 3.49. The van der Waals surface area contributed by atoms with E-state index in [1.54, 1.807) is 0 Å². The van der Waals surface area contributed by atoms with Crippen molar-refractivity contribution < 1.29 is 19.8 Å². The van der Waals surface area contributed by atoms with Crippen LogP contribution in [-0.2, 0) is 22.6 Å². The molecule has 0 aromatic heterocycles. The maximum Gasteiger partial charge on any atom is 0.337 e. The van der Waals surface area contributed by atoms with Gasteiger partial charge in [0.15, 0.2) is 6.10 Å². The molecule has 1 aromatic carbocycles. The Kier molecular flexibility index (Phi) is 5.91. The van der Waals surface area contributed by atoms with Crippen molar-refractivity contribution in [1.29, 1.82) is 0 Å². The summed E-state index contributed by atoms with van der Waals surface area (Å²) in [4.78, 5) is 26.0. The Morgan fingerprint density at radius 3 is 2.46 bits per heavy atom.